The molecule has 0 aliphatic carbocycles. The molecule has 0 bridgehead atoms. The highest BCUT2D eigenvalue weighted by Crippen LogP contribution is 2.44. The van der Waals surface area contributed by atoms with Crippen LogP contribution >= 0.6 is 0 Å². The highest BCUT2D eigenvalue weighted by Gasteiger charge is 2.33. The lowest BCUT2D eigenvalue weighted by atomic mass is 9.86. The summed E-state index contributed by atoms with van der Waals surface area (Å²) < 4.78 is 24.3. The van der Waals surface area contributed by atoms with E-state index in [1.807, 2.05) is 0 Å². The SMILES string of the molecule is N#CC1=C(N)Oc2cc(O)c(C=Nc3cccc(F)c3)cc2[C@@H]1c1ccco1. The smallest absolute Gasteiger partial charge is 0.205 e. The number of hydrogen-bond donors (Lipinski definition) is 2. The van der Waals surface area contributed by atoms with Crippen LogP contribution < -0.4 is 10.5 Å². The third-order valence-electron chi connectivity index (χ3n) is 4.35. The zero-order chi connectivity index (χ0) is 19.7. The van der Waals surface area contributed by atoms with E-state index >= 15 is 0 Å². The normalized spacial score (nSPS) is 15.9. The van der Waals surface area contributed by atoms with Crippen molar-refractivity contribution >= 4 is 11.9 Å². The van der Waals surface area contributed by atoms with Crippen molar-refractivity contribution < 1.29 is 18.7 Å². The summed E-state index contributed by atoms with van der Waals surface area (Å²) >= 11 is 0. The fraction of sp³-hybridized carbons (Fsp3) is 0.0476. The van der Waals surface area contributed by atoms with Gasteiger partial charge in [-0.3, -0.25) is 4.99 Å². The maximum Gasteiger partial charge on any atom is 0.205 e. The van der Waals surface area contributed by atoms with Gasteiger partial charge in [0.25, 0.3) is 0 Å². The van der Waals surface area contributed by atoms with Crippen molar-refractivity contribution in [2.45, 2.75) is 5.92 Å². The number of benzene rings is 2. The van der Waals surface area contributed by atoms with E-state index in [1.54, 1.807) is 30.3 Å². The molecule has 0 radical (unpaired) electrons. The van der Waals surface area contributed by atoms with E-state index in [2.05, 4.69) is 11.1 Å². The highest BCUT2D eigenvalue weighted by atomic mass is 19.1. The number of rotatable bonds is 3. The summed E-state index contributed by atoms with van der Waals surface area (Å²) in [7, 11) is 0. The minimum atomic E-state index is -0.578. The van der Waals surface area contributed by atoms with Crippen LogP contribution in [-0.4, -0.2) is 11.3 Å². The van der Waals surface area contributed by atoms with Crippen LogP contribution in [0.15, 0.2) is 75.7 Å². The Morgan fingerprint density at radius 1 is 1.21 bits per heavy atom. The van der Waals surface area contributed by atoms with E-state index in [0.29, 0.717) is 28.3 Å². The number of furan rings is 1. The highest BCUT2D eigenvalue weighted by molar-refractivity contribution is 5.86. The summed E-state index contributed by atoms with van der Waals surface area (Å²) in [6, 6.07) is 14.3. The van der Waals surface area contributed by atoms with Gasteiger partial charge in [0.2, 0.25) is 5.88 Å². The molecule has 0 fully saturated rings. The molecule has 0 spiro atoms. The lowest BCUT2D eigenvalue weighted by molar-refractivity contribution is 0.379. The van der Waals surface area contributed by atoms with Crippen molar-refractivity contribution in [3.8, 4) is 17.6 Å². The van der Waals surface area contributed by atoms with E-state index in [9.17, 15) is 14.8 Å². The number of phenols is 1. The molecule has 3 N–H and O–H groups in total. The van der Waals surface area contributed by atoms with Crippen molar-refractivity contribution in [1.29, 1.82) is 5.26 Å². The number of allylic oxidation sites excluding steroid dienone is 1. The molecule has 6 nitrogen and oxygen atoms in total. The number of phenolic OH excluding ortho intramolecular Hbond substituents is 1. The molecule has 0 amide bonds. The Bertz CT molecular complexity index is 1140. The maximum absolute atomic E-state index is 13.3. The number of aliphatic imine (C=N–C) groups is 1. The van der Waals surface area contributed by atoms with Gasteiger partial charge in [0, 0.05) is 23.4 Å². The maximum atomic E-state index is 13.3. The average molecular weight is 375 g/mol. The van der Waals surface area contributed by atoms with Gasteiger partial charge in [-0.2, -0.15) is 5.26 Å². The summed E-state index contributed by atoms with van der Waals surface area (Å²) in [5.74, 6) is -0.288. The lowest BCUT2D eigenvalue weighted by Crippen LogP contribution is -2.21. The molecule has 0 saturated heterocycles. The molecule has 1 aromatic heterocycles. The Hall–Kier alpha value is -4.05. The van der Waals surface area contributed by atoms with Crippen LogP contribution in [0.4, 0.5) is 10.1 Å². The van der Waals surface area contributed by atoms with E-state index in [1.165, 1.54) is 30.7 Å². The van der Waals surface area contributed by atoms with E-state index in [0.717, 1.165) is 0 Å². The summed E-state index contributed by atoms with van der Waals surface area (Å²) in [5, 5.41) is 19.9. The quantitative estimate of drug-likeness (QED) is 0.671. The predicted molar refractivity (Wildman–Crippen MR) is 99.8 cm³/mol. The average Bonchev–Trinajstić information content (AvgIpc) is 3.20. The van der Waals surface area contributed by atoms with Gasteiger partial charge in [-0.15, -0.1) is 0 Å². The molecule has 4 rings (SSSR count). The van der Waals surface area contributed by atoms with Gasteiger partial charge in [0.05, 0.1) is 17.9 Å². The number of halogens is 1. The van der Waals surface area contributed by atoms with Crippen LogP contribution in [0.25, 0.3) is 0 Å². The standard InChI is InChI=1S/C21H14FN3O3/c22-13-3-1-4-14(8-13)25-11-12-7-15-19(9-17(12)26)28-21(24)16(10-23)20(15)18-5-2-6-27-18/h1-9,11,20,26H,24H2/t20-/m0/s1. The van der Waals surface area contributed by atoms with Crippen LogP contribution in [0.3, 0.4) is 0 Å². The Kier molecular flexibility index (Phi) is 4.30. The number of hydrogen-bond acceptors (Lipinski definition) is 6. The van der Waals surface area contributed by atoms with Gasteiger partial charge in [-0.1, -0.05) is 6.07 Å². The third-order valence-corrected chi connectivity index (χ3v) is 4.35. The first-order chi connectivity index (χ1) is 13.6. The van der Waals surface area contributed by atoms with Crippen molar-refractivity contribution in [3.63, 3.8) is 0 Å². The first-order valence-corrected chi connectivity index (χ1v) is 8.34. The molecule has 1 aliphatic rings. The minimum Gasteiger partial charge on any atom is -0.507 e. The zero-order valence-electron chi connectivity index (χ0n) is 14.5. The van der Waals surface area contributed by atoms with E-state index < -0.39 is 11.7 Å². The second-order valence-electron chi connectivity index (χ2n) is 6.13. The molecule has 2 heterocycles. The van der Waals surface area contributed by atoms with Gasteiger partial charge >= 0.3 is 0 Å². The molecule has 28 heavy (non-hydrogen) atoms. The van der Waals surface area contributed by atoms with Crippen molar-refractivity contribution in [2.24, 2.45) is 10.7 Å². The van der Waals surface area contributed by atoms with Crippen molar-refractivity contribution in [2.75, 3.05) is 0 Å². The molecule has 138 valence electrons. The summed E-state index contributed by atoms with van der Waals surface area (Å²) in [4.78, 5) is 4.20. The summed E-state index contributed by atoms with van der Waals surface area (Å²) in [5.41, 5.74) is 7.47. The zero-order valence-corrected chi connectivity index (χ0v) is 14.5. The summed E-state index contributed by atoms with van der Waals surface area (Å²) in [6.07, 6.45) is 2.92. The van der Waals surface area contributed by atoms with Gasteiger partial charge in [-0.05, 0) is 36.4 Å². The second-order valence-corrected chi connectivity index (χ2v) is 6.13. The Balaban J connectivity index is 1.80. The van der Waals surface area contributed by atoms with Gasteiger partial charge in [-0.25, -0.2) is 4.39 Å². The molecule has 0 saturated carbocycles. The van der Waals surface area contributed by atoms with E-state index in [-0.39, 0.29) is 17.2 Å². The predicted octanol–water partition coefficient (Wildman–Crippen LogP) is 4.09. The number of aromatic hydroxyl groups is 1. The topological polar surface area (TPSA) is 105 Å². The molecule has 1 aliphatic heterocycles. The Morgan fingerprint density at radius 3 is 2.79 bits per heavy atom. The second kappa shape index (κ2) is 6.93. The lowest BCUT2D eigenvalue weighted by Gasteiger charge is -2.25. The number of nitrogens with zero attached hydrogens (tertiary/aromatic N) is 2. The molecule has 7 heteroatoms. The van der Waals surface area contributed by atoms with Crippen molar-refractivity contribution in [3.05, 3.63) is 89.0 Å². The fourth-order valence-electron chi connectivity index (χ4n) is 3.06. The van der Waals surface area contributed by atoms with Crippen LogP contribution in [0.5, 0.6) is 11.5 Å². The fourth-order valence-corrected chi connectivity index (χ4v) is 3.06. The monoisotopic (exact) mass is 375 g/mol. The molecule has 3 aromatic rings. The molecule has 0 unspecified atom stereocenters. The number of ether oxygens (including phenoxy) is 1. The third kappa shape index (κ3) is 3.08. The molecular formula is C21H14FN3O3. The van der Waals surface area contributed by atoms with Crippen molar-refractivity contribution in [1.82, 2.24) is 0 Å². The first kappa shape index (κ1) is 17.4. The Labute approximate surface area is 159 Å². The number of fused-ring (bicyclic) bond motifs is 1. The molecule has 1 atom stereocenters. The van der Waals surface area contributed by atoms with Crippen LogP contribution in [0.1, 0.15) is 22.8 Å². The largest absolute Gasteiger partial charge is 0.507 e. The number of nitrogens with two attached hydrogens (primary N) is 1. The van der Waals surface area contributed by atoms with Crippen LogP contribution in [0, 0.1) is 17.1 Å². The van der Waals surface area contributed by atoms with Crippen LogP contribution in [0.2, 0.25) is 0 Å². The Morgan fingerprint density at radius 2 is 2.07 bits per heavy atom. The number of nitriles is 1. The minimum absolute atomic E-state index is 0.0445. The summed E-state index contributed by atoms with van der Waals surface area (Å²) in [6.45, 7) is 0. The van der Waals surface area contributed by atoms with Gasteiger partial charge < -0.3 is 20.0 Å². The molecule has 2 aromatic carbocycles. The van der Waals surface area contributed by atoms with E-state index in [4.69, 9.17) is 14.9 Å². The first-order valence-electron chi connectivity index (χ1n) is 8.34. The van der Waals surface area contributed by atoms with Gasteiger partial charge in [0.1, 0.15) is 34.7 Å². The van der Waals surface area contributed by atoms with Gasteiger partial charge in [0.15, 0.2) is 0 Å². The molecular weight excluding hydrogens is 361 g/mol. The van der Waals surface area contributed by atoms with Crippen LogP contribution in [-0.2, 0) is 0 Å².